The van der Waals surface area contributed by atoms with E-state index in [4.69, 9.17) is 4.98 Å². The lowest BCUT2D eigenvalue weighted by atomic mass is 9.85. The van der Waals surface area contributed by atoms with Gasteiger partial charge in [0, 0.05) is 23.4 Å². The molecule has 3 aromatic carbocycles. The summed E-state index contributed by atoms with van der Waals surface area (Å²) < 4.78 is 0. The molecule has 5 unspecified atom stereocenters. The van der Waals surface area contributed by atoms with Crippen molar-refractivity contribution in [3.63, 3.8) is 0 Å². The predicted octanol–water partition coefficient (Wildman–Crippen LogP) is 8.43. The molecule has 0 bridgehead atoms. The third-order valence-corrected chi connectivity index (χ3v) is 9.24. The molecule has 37 heavy (non-hydrogen) atoms. The summed E-state index contributed by atoms with van der Waals surface area (Å²) in [5.74, 6) is 1.07. The Bertz CT molecular complexity index is 1530. The average molecular weight is 481 g/mol. The molecule has 4 aromatic rings. The van der Waals surface area contributed by atoms with Gasteiger partial charge in [0.25, 0.3) is 0 Å². The molecule has 2 nitrogen and oxygen atoms in total. The molecule has 0 radical (unpaired) electrons. The Hall–Kier alpha value is -3.91. The van der Waals surface area contributed by atoms with Crippen LogP contribution in [0.1, 0.15) is 48.2 Å². The van der Waals surface area contributed by atoms with E-state index in [2.05, 4.69) is 129 Å². The fourth-order valence-corrected chi connectivity index (χ4v) is 7.15. The van der Waals surface area contributed by atoms with E-state index in [-0.39, 0.29) is 5.41 Å². The molecular formula is C35H32N2. The lowest BCUT2D eigenvalue weighted by molar-refractivity contribution is 0.232. The highest BCUT2D eigenvalue weighted by Crippen LogP contribution is 2.69. The van der Waals surface area contributed by atoms with E-state index >= 15 is 0 Å². The van der Waals surface area contributed by atoms with Gasteiger partial charge in [-0.15, -0.1) is 0 Å². The maximum absolute atomic E-state index is 4.75. The Morgan fingerprint density at radius 1 is 0.811 bits per heavy atom. The number of fused-ring (bicyclic) bond motifs is 3. The van der Waals surface area contributed by atoms with Crippen LogP contribution < -0.4 is 0 Å². The normalized spacial score (nSPS) is 27.2. The first-order chi connectivity index (χ1) is 18.1. The minimum Gasteiger partial charge on any atom is -0.360 e. The molecule has 1 fully saturated rings. The molecule has 3 aliphatic rings. The maximum Gasteiger partial charge on any atom is 0.0734 e. The van der Waals surface area contributed by atoms with Gasteiger partial charge in [0.05, 0.1) is 17.8 Å². The third-order valence-electron chi connectivity index (χ3n) is 9.24. The van der Waals surface area contributed by atoms with Gasteiger partial charge in [-0.2, -0.15) is 0 Å². The first kappa shape index (κ1) is 22.3. The topological polar surface area (TPSA) is 16.1 Å². The number of hydrogen-bond acceptors (Lipinski definition) is 2. The van der Waals surface area contributed by atoms with E-state index < -0.39 is 0 Å². The fourth-order valence-electron chi connectivity index (χ4n) is 7.15. The highest BCUT2D eigenvalue weighted by atomic mass is 15.2. The van der Waals surface area contributed by atoms with Gasteiger partial charge < -0.3 is 4.90 Å². The zero-order valence-electron chi connectivity index (χ0n) is 21.7. The number of benzene rings is 3. The van der Waals surface area contributed by atoms with E-state index in [9.17, 15) is 0 Å². The van der Waals surface area contributed by atoms with Gasteiger partial charge in [0.1, 0.15) is 0 Å². The molecule has 0 spiro atoms. The second kappa shape index (κ2) is 8.31. The predicted molar refractivity (Wildman–Crippen MR) is 152 cm³/mol. The van der Waals surface area contributed by atoms with Gasteiger partial charge in [-0.05, 0) is 76.9 Å². The highest BCUT2D eigenvalue weighted by molar-refractivity contribution is 5.69. The van der Waals surface area contributed by atoms with Gasteiger partial charge >= 0.3 is 0 Å². The summed E-state index contributed by atoms with van der Waals surface area (Å²) in [7, 11) is 0. The third kappa shape index (κ3) is 3.35. The zero-order chi connectivity index (χ0) is 25.1. The van der Waals surface area contributed by atoms with Crippen LogP contribution >= 0.6 is 0 Å². The summed E-state index contributed by atoms with van der Waals surface area (Å²) in [5, 5.41) is 0. The molecule has 7 rings (SSSR count). The SMILES string of the molecule is Cc1ccc(C2(C)C(C)C2C2c3ccc(-c4ccccc4)cc3C3C=CC=CN32)c(-c2ccccn2)c1. The Morgan fingerprint density at radius 2 is 1.65 bits per heavy atom. The van der Waals surface area contributed by atoms with Crippen molar-refractivity contribution in [2.24, 2.45) is 11.8 Å². The van der Waals surface area contributed by atoms with Crippen LogP contribution in [0.5, 0.6) is 0 Å². The number of allylic oxidation sites excluding steroid dienone is 2. The molecule has 2 heteroatoms. The molecule has 1 saturated carbocycles. The molecule has 0 amide bonds. The Morgan fingerprint density at radius 3 is 2.46 bits per heavy atom. The second-order valence-electron chi connectivity index (χ2n) is 11.1. The van der Waals surface area contributed by atoms with Gasteiger partial charge in [0.2, 0.25) is 0 Å². The summed E-state index contributed by atoms with van der Waals surface area (Å²) >= 11 is 0. The van der Waals surface area contributed by atoms with Crippen LogP contribution in [0.25, 0.3) is 22.4 Å². The number of hydrogen-bond donors (Lipinski definition) is 0. The van der Waals surface area contributed by atoms with Crippen molar-refractivity contribution in [1.29, 1.82) is 0 Å². The average Bonchev–Trinajstić information content (AvgIpc) is 3.33. The minimum absolute atomic E-state index is 0.0739. The van der Waals surface area contributed by atoms with Crippen molar-refractivity contribution in [2.45, 2.75) is 38.3 Å². The van der Waals surface area contributed by atoms with Crippen LogP contribution in [0.3, 0.4) is 0 Å². The first-order valence-electron chi connectivity index (χ1n) is 13.4. The van der Waals surface area contributed by atoms with E-state index in [0.717, 1.165) is 5.69 Å². The Labute approximate surface area is 220 Å². The van der Waals surface area contributed by atoms with Crippen molar-refractivity contribution in [1.82, 2.24) is 9.88 Å². The largest absolute Gasteiger partial charge is 0.360 e. The van der Waals surface area contributed by atoms with Gasteiger partial charge in [0.15, 0.2) is 0 Å². The smallest absolute Gasteiger partial charge is 0.0734 e. The van der Waals surface area contributed by atoms with E-state index in [1.54, 1.807) is 0 Å². The summed E-state index contributed by atoms with van der Waals surface area (Å²) in [6.07, 6.45) is 11.0. The van der Waals surface area contributed by atoms with Crippen molar-refractivity contribution >= 4 is 0 Å². The van der Waals surface area contributed by atoms with Gasteiger partial charge in [-0.25, -0.2) is 0 Å². The van der Waals surface area contributed by atoms with Crippen molar-refractivity contribution < 1.29 is 0 Å². The number of pyridine rings is 1. The van der Waals surface area contributed by atoms with Crippen LogP contribution in [0.2, 0.25) is 0 Å². The number of aromatic nitrogens is 1. The summed E-state index contributed by atoms with van der Waals surface area (Å²) in [5.41, 5.74) is 10.6. The van der Waals surface area contributed by atoms with Crippen LogP contribution in [0.15, 0.2) is 116 Å². The van der Waals surface area contributed by atoms with Gasteiger partial charge in [-0.3, -0.25) is 4.98 Å². The van der Waals surface area contributed by atoms with Crippen LogP contribution in [0, 0.1) is 18.8 Å². The molecule has 2 aliphatic heterocycles. The standard InChI is InChI=1S/C35H32N2/c1-23-15-18-30(29(21-23)31-13-7-9-19-36-31)35(3)24(2)33(35)34-27-17-16-26(25-11-5-4-6-12-25)22-28(27)32-14-8-10-20-37(32)34/h4-22,24,32-34H,1-3H3. The lowest BCUT2D eigenvalue weighted by Gasteiger charge is -2.31. The molecule has 0 saturated heterocycles. The summed E-state index contributed by atoms with van der Waals surface area (Å²) in [6, 6.07) is 31.8. The molecule has 1 aliphatic carbocycles. The van der Waals surface area contributed by atoms with E-state index in [0.29, 0.717) is 23.9 Å². The van der Waals surface area contributed by atoms with Crippen molar-refractivity contribution in [3.8, 4) is 22.4 Å². The Kier molecular flexibility index (Phi) is 5.01. The van der Waals surface area contributed by atoms with E-state index in [1.807, 2.05) is 12.3 Å². The number of aryl methyl sites for hydroxylation is 1. The van der Waals surface area contributed by atoms with Crippen LogP contribution in [-0.2, 0) is 5.41 Å². The van der Waals surface area contributed by atoms with E-state index in [1.165, 1.54) is 38.9 Å². The molecule has 1 aromatic heterocycles. The number of rotatable bonds is 4. The maximum atomic E-state index is 4.75. The highest BCUT2D eigenvalue weighted by Gasteiger charge is 2.65. The molecule has 3 heterocycles. The summed E-state index contributed by atoms with van der Waals surface area (Å²) in [6.45, 7) is 7.11. The van der Waals surface area contributed by atoms with Crippen LogP contribution in [0.4, 0.5) is 0 Å². The quantitative estimate of drug-likeness (QED) is 0.291. The van der Waals surface area contributed by atoms with Gasteiger partial charge in [-0.1, -0.05) is 92.2 Å². The van der Waals surface area contributed by atoms with Crippen molar-refractivity contribution in [3.05, 3.63) is 138 Å². The molecule has 0 N–H and O–H groups in total. The molecular weight excluding hydrogens is 448 g/mol. The Balaban J connectivity index is 1.33. The molecule has 5 atom stereocenters. The lowest BCUT2D eigenvalue weighted by Crippen LogP contribution is -2.25. The van der Waals surface area contributed by atoms with Crippen molar-refractivity contribution in [2.75, 3.05) is 0 Å². The molecule has 182 valence electrons. The second-order valence-corrected chi connectivity index (χ2v) is 11.1. The summed E-state index contributed by atoms with van der Waals surface area (Å²) in [4.78, 5) is 7.36. The number of nitrogens with zero attached hydrogens (tertiary/aromatic N) is 2. The fraction of sp³-hybridized carbons (Fsp3) is 0.229. The monoisotopic (exact) mass is 480 g/mol. The zero-order valence-corrected chi connectivity index (χ0v) is 21.7. The first-order valence-corrected chi connectivity index (χ1v) is 13.4. The van der Waals surface area contributed by atoms with Crippen LogP contribution in [-0.4, -0.2) is 9.88 Å². The minimum atomic E-state index is 0.0739.